The van der Waals surface area contributed by atoms with E-state index in [0.717, 1.165) is 10.1 Å². The van der Waals surface area contributed by atoms with Crippen LogP contribution >= 0.6 is 22.6 Å². The van der Waals surface area contributed by atoms with Crippen LogP contribution in [-0.4, -0.2) is 29.5 Å². The number of hydrogen-bond donors (Lipinski definition) is 1. The molecule has 0 aliphatic carbocycles. The lowest BCUT2D eigenvalue weighted by Gasteiger charge is -2.01. The number of nitrogens with zero attached hydrogens (tertiary/aromatic N) is 2. The van der Waals surface area contributed by atoms with Crippen molar-refractivity contribution in [2.75, 3.05) is 19.8 Å². The molecule has 2 N–H and O–H groups in total. The van der Waals surface area contributed by atoms with Crippen molar-refractivity contribution in [1.29, 1.82) is 0 Å². The maximum atomic E-state index is 5.26. The molecule has 0 unspecified atom stereocenters. The quantitative estimate of drug-likeness (QED) is 0.630. The van der Waals surface area contributed by atoms with E-state index >= 15 is 0 Å². The van der Waals surface area contributed by atoms with Crippen LogP contribution in [0.5, 0.6) is 0 Å². The van der Waals surface area contributed by atoms with Crippen LogP contribution in [0.4, 0.5) is 0 Å². The molecule has 68 valence electrons. The normalized spacial score (nSPS) is 10.5. The van der Waals surface area contributed by atoms with E-state index in [2.05, 4.69) is 27.7 Å². The van der Waals surface area contributed by atoms with Gasteiger partial charge in [0.25, 0.3) is 0 Å². The molecule has 0 saturated heterocycles. The number of nitrogens with two attached hydrogens (primary N) is 1. The molecule has 5 heteroatoms. The summed E-state index contributed by atoms with van der Waals surface area (Å²) in [5, 5.41) is 4.11. The molecule has 0 radical (unpaired) electrons. The van der Waals surface area contributed by atoms with Crippen molar-refractivity contribution in [3.05, 3.63) is 16.0 Å². The lowest BCUT2D eigenvalue weighted by molar-refractivity contribution is 0.130. The summed E-state index contributed by atoms with van der Waals surface area (Å²) in [5.41, 5.74) is 5.26. The second-order valence-electron chi connectivity index (χ2n) is 2.32. The molecule has 0 fully saturated rings. The van der Waals surface area contributed by atoms with Crippen molar-refractivity contribution < 1.29 is 4.74 Å². The zero-order valence-corrected chi connectivity index (χ0v) is 8.90. The fourth-order valence-corrected chi connectivity index (χ4v) is 1.25. The predicted octanol–water partition coefficient (Wildman–Crippen LogP) is 0.463. The first-order chi connectivity index (χ1) is 5.83. The van der Waals surface area contributed by atoms with Crippen LogP contribution in [0.15, 0.2) is 12.4 Å². The van der Waals surface area contributed by atoms with Crippen LogP contribution in [0.2, 0.25) is 0 Å². The third kappa shape index (κ3) is 3.51. The van der Waals surface area contributed by atoms with E-state index in [9.17, 15) is 0 Å². The fourth-order valence-electron chi connectivity index (χ4n) is 0.804. The van der Waals surface area contributed by atoms with Crippen molar-refractivity contribution in [3.8, 4) is 0 Å². The summed E-state index contributed by atoms with van der Waals surface area (Å²) in [6.07, 6.45) is 3.80. The summed E-state index contributed by atoms with van der Waals surface area (Å²) in [7, 11) is 0. The molecule has 12 heavy (non-hydrogen) atoms. The number of ether oxygens (including phenoxy) is 1. The van der Waals surface area contributed by atoms with Gasteiger partial charge in [-0.05, 0) is 22.6 Å². The fraction of sp³-hybridized carbons (Fsp3) is 0.571. The molecule has 0 aromatic carbocycles. The van der Waals surface area contributed by atoms with Crippen LogP contribution in [0.25, 0.3) is 0 Å². The first-order valence-electron chi connectivity index (χ1n) is 3.78. The predicted molar refractivity (Wildman–Crippen MR) is 54.8 cm³/mol. The maximum absolute atomic E-state index is 5.26. The van der Waals surface area contributed by atoms with Crippen molar-refractivity contribution >= 4 is 22.6 Å². The van der Waals surface area contributed by atoms with Crippen molar-refractivity contribution in [3.63, 3.8) is 0 Å². The third-order valence-corrected chi connectivity index (χ3v) is 1.89. The average molecular weight is 281 g/mol. The van der Waals surface area contributed by atoms with Gasteiger partial charge in [0, 0.05) is 12.7 Å². The Balaban J connectivity index is 2.15. The molecule has 0 aliphatic rings. The smallest absolute Gasteiger partial charge is 0.0663 e. The van der Waals surface area contributed by atoms with Crippen LogP contribution in [-0.2, 0) is 11.3 Å². The van der Waals surface area contributed by atoms with E-state index in [1.807, 2.05) is 17.1 Å². The van der Waals surface area contributed by atoms with E-state index in [1.54, 1.807) is 0 Å². The highest BCUT2D eigenvalue weighted by atomic mass is 127. The minimum Gasteiger partial charge on any atom is -0.378 e. The lowest BCUT2D eigenvalue weighted by atomic mass is 10.6. The van der Waals surface area contributed by atoms with E-state index in [1.165, 1.54) is 0 Å². The Labute approximate surface area is 85.2 Å². The molecular formula is C7H12IN3O. The van der Waals surface area contributed by atoms with Gasteiger partial charge in [-0.25, -0.2) is 0 Å². The topological polar surface area (TPSA) is 53.1 Å². The minimum atomic E-state index is 0.580. The molecule has 1 aromatic heterocycles. The van der Waals surface area contributed by atoms with Gasteiger partial charge in [0.2, 0.25) is 0 Å². The number of halogens is 1. The largest absolute Gasteiger partial charge is 0.378 e. The summed E-state index contributed by atoms with van der Waals surface area (Å²) < 4.78 is 8.21. The highest BCUT2D eigenvalue weighted by Gasteiger charge is 1.93. The van der Waals surface area contributed by atoms with Crippen molar-refractivity contribution in [1.82, 2.24) is 9.78 Å². The van der Waals surface area contributed by atoms with Gasteiger partial charge >= 0.3 is 0 Å². The van der Waals surface area contributed by atoms with Gasteiger partial charge in [-0.1, -0.05) is 0 Å². The lowest BCUT2D eigenvalue weighted by Crippen LogP contribution is -2.12. The number of rotatable bonds is 5. The monoisotopic (exact) mass is 281 g/mol. The SMILES string of the molecule is NCCOCCn1cc(I)cn1. The van der Waals surface area contributed by atoms with Crippen LogP contribution < -0.4 is 5.73 Å². The molecule has 1 aromatic rings. The Morgan fingerprint density at radius 2 is 2.42 bits per heavy atom. The molecular weight excluding hydrogens is 269 g/mol. The Morgan fingerprint density at radius 3 is 3.00 bits per heavy atom. The molecule has 0 bridgehead atoms. The highest BCUT2D eigenvalue weighted by molar-refractivity contribution is 14.1. The molecule has 0 spiro atoms. The maximum Gasteiger partial charge on any atom is 0.0663 e. The van der Waals surface area contributed by atoms with Crippen LogP contribution in [0.3, 0.4) is 0 Å². The molecule has 1 rings (SSSR count). The highest BCUT2D eigenvalue weighted by Crippen LogP contribution is 2.00. The summed E-state index contributed by atoms with van der Waals surface area (Å²) in [5.74, 6) is 0. The first-order valence-corrected chi connectivity index (χ1v) is 4.86. The second-order valence-corrected chi connectivity index (χ2v) is 3.57. The van der Waals surface area contributed by atoms with Crippen molar-refractivity contribution in [2.45, 2.75) is 6.54 Å². The van der Waals surface area contributed by atoms with Gasteiger partial charge in [0.1, 0.15) is 0 Å². The van der Waals surface area contributed by atoms with Crippen LogP contribution in [0.1, 0.15) is 0 Å². The molecule has 4 nitrogen and oxygen atoms in total. The van der Waals surface area contributed by atoms with Gasteiger partial charge < -0.3 is 10.5 Å². The van der Waals surface area contributed by atoms with E-state index in [-0.39, 0.29) is 0 Å². The van der Waals surface area contributed by atoms with Gasteiger partial charge in [-0.3, -0.25) is 4.68 Å². The minimum absolute atomic E-state index is 0.580. The molecule has 0 saturated carbocycles. The zero-order valence-electron chi connectivity index (χ0n) is 6.74. The van der Waals surface area contributed by atoms with Gasteiger partial charge in [0.15, 0.2) is 0 Å². The summed E-state index contributed by atoms with van der Waals surface area (Å²) in [6.45, 7) is 2.67. The van der Waals surface area contributed by atoms with Crippen molar-refractivity contribution in [2.24, 2.45) is 5.73 Å². The molecule has 0 aliphatic heterocycles. The number of aromatic nitrogens is 2. The third-order valence-electron chi connectivity index (χ3n) is 1.33. The van der Waals surface area contributed by atoms with Gasteiger partial charge in [0.05, 0.1) is 29.5 Å². The van der Waals surface area contributed by atoms with E-state index in [0.29, 0.717) is 19.8 Å². The van der Waals surface area contributed by atoms with Gasteiger partial charge in [-0.15, -0.1) is 0 Å². The number of hydrogen-bond acceptors (Lipinski definition) is 3. The Kier molecular flexibility index (Phi) is 4.55. The standard InChI is InChI=1S/C7H12IN3O/c8-7-5-10-11(6-7)2-4-12-3-1-9/h5-6H,1-4,9H2. The Bertz CT molecular complexity index is 226. The summed E-state index contributed by atoms with van der Waals surface area (Å²) in [6, 6.07) is 0. The molecule has 1 heterocycles. The summed E-state index contributed by atoms with van der Waals surface area (Å²) >= 11 is 2.22. The van der Waals surface area contributed by atoms with E-state index in [4.69, 9.17) is 10.5 Å². The second kappa shape index (κ2) is 5.50. The Hall–Kier alpha value is -0.140. The molecule has 0 atom stereocenters. The molecule has 0 amide bonds. The Morgan fingerprint density at radius 1 is 1.58 bits per heavy atom. The van der Waals surface area contributed by atoms with Crippen LogP contribution in [0, 0.1) is 3.57 Å². The zero-order chi connectivity index (χ0) is 8.81. The van der Waals surface area contributed by atoms with E-state index < -0.39 is 0 Å². The summed E-state index contributed by atoms with van der Waals surface area (Å²) in [4.78, 5) is 0. The first kappa shape index (κ1) is 9.94. The average Bonchev–Trinajstić information content (AvgIpc) is 2.45. The van der Waals surface area contributed by atoms with Gasteiger partial charge in [-0.2, -0.15) is 5.10 Å².